The van der Waals surface area contributed by atoms with Crippen molar-refractivity contribution in [2.45, 2.75) is 33.1 Å². The Bertz CT molecular complexity index is 459. The van der Waals surface area contributed by atoms with E-state index in [9.17, 15) is 0 Å². The average molecular weight is 217 g/mol. The quantitative estimate of drug-likeness (QED) is 0.807. The van der Waals surface area contributed by atoms with Gasteiger partial charge in [0.05, 0.1) is 6.61 Å². The molecule has 2 rings (SSSR count). The van der Waals surface area contributed by atoms with Crippen molar-refractivity contribution >= 4 is 10.9 Å². The normalized spacial score (nSPS) is 10.9. The smallest absolute Gasteiger partial charge is 0.128 e. The van der Waals surface area contributed by atoms with Crippen molar-refractivity contribution in [3.05, 3.63) is 30.0 Å². The molecule has 0 aliphatic rings. The number of ether oxygens (including phenoxy) is 1. The van der Waals surface area contributed by atoms with E-state index in [4.69, 9.17) is 4.74 Å². The summed E-state index contributed by atoms with van der Waals surface area (Å²) in [5, 5.41) is 1.26. The van der Waals surface area contributed by atoms with Crippen molar-refractivity contribution < 1.29 is 4.74 Å². The van der Waals surface area contributed by atoms with Crippen LogP contribution in [0.5, 0.6) is 5.75 Å². The molecular formula is C14H19NO. The van der Waals surface area contributed by atoms with E-state index in [1.165, 1.54) is 16.5 Å². The third-order valence-corrected chi connectivity index (χ3v) is 2.73. The van der Waals surface area contributed by atoms with Gasteiger partial charge in [-0.05, 0) is 30.5 Å². The number of aryl methyl sites for hydroxylation is 1. The first kappa shape index (κ1) is 11.1. The molecule has 2 nitrogen and oxygen atoms in total. The SMILES string of the molecule is CCCOc1cccc2[nH]cc(CCC)c12. The van der Waals surface area contributed by atoms with Crippen LogP contribution in [0.15, 0.2) is 24.4 Å². The summed E-state index contributed by atoms with van der Waals surface area (Å²) in [6.07, 6.45) is 5.42. The molecule has 1 aromatic heterocycles. The Labute approximate surface area is 96.6 Å². The van der Waals surface area contributed by atoms with Gasteiger partial charge in [0, 0.05) is 17.1 Å². The van der Waals surface area contributed by atoms with Gasteiger partial charge in [0.2, 0.25) is 0 Å². The maximum Gasteiger partial charge on any atom is 0.128 e. The lowest BCUT2D eigenvalue weighted by molar-refractivity contribution is 0.321. The summed E-state index contributed by atoms with van der Waals surface area (Å²) in [4.78, 5) is 3.31. The number of aromatic nitrogens is 1. The first-order valence-electron chi connectivity index (χ1n) is 6.08. The lowest BCUT2D eigenvalue weighted by atomic mass is 10.1. The fourth-order valence-corrected chi connectivity index (χ4v) is 2.02. The lowest BCUT2D eigenvalue weighted by Crippen LogP contribution is -1.96. The van der Waals surface area contributed by atoms with E-state index in [0.717, 1.165) is 31.6 Å². The average Bonchev–Trinajstić information content (AvgIpc) is 2.71. The van der Waals surface area contributed by atoms with Crippen LogP contribution >= 0.6 is 0 Å². The molecule has 0 fully saturated rings. The topological polar surface area (TPSA) is 25.0 Å². The van der Waals surface area contributed by atoms with Gasteiger partial charge in [-0.2, -0.15) is 0 Å². The van der Waals surface area contributed by atoms with E-state index in [1.807, 2.05) is 6.07 Å². The zero-order valence-electron chi connectivity index (χ0n) is 10.0. The first-order valence-corrected chi connectivity index (χ1v) is 6.08. The lowest BCUT2D eigenvalue weighted by Gasteiger charge is -2.07. The zero-order chi connectivity index (χ0) is 11.4. The predicted molar refractivity (Wildman–Crippen MR) is 68.1 cm³/mol. The molecular weight excluding hydrogens is 198 g/mol. The first-order chi connectivity index (χ1) is 7.86. The second-order valence-electron chi connectivity index (χ2n) is 4.09. The van der Waals surface area contributed by atoms with Crippen molar-refractivity contribution in [3.8, 4) is 5.75 Å². The number of nitrogens with one attached hydrogen (secondary N) is 1. The summed E-state index contributed by atoms with van der Waals surface area (Å²) in [6.45, 7) is 5.12. The number of aromatic amines is 1. The van der Waals surface area contributed by atoms with Crippen LogP contribution < -0.4 is 4.74 Å². The van der Waals surface area contributed by atoms with Crippen molar-refractivity contribution in [2.24, 2.45) is 0 Å². The van der Waals surface area contributed by atoms with Crippen LogP contribution in [0.3, 0.4) is 0 Å². The van der Waals surface area contributed by atoms with Crippen LogP contribution in [0, 0.1) is 0 Å². The highest BCUT2D eigenvalue weighted by atomic mass is 16.5. The largest absolute Gasteiger partial charge is 0.493 e. The molecule has 0 saturated carbocycles. The fourth-order valence-electron chi connectivity index (χ4n) is 2.02. The van der Waals surface area contributed by atoms with Gasteiger partial charge in [-0.15, -0.1) is 0 Å². The van der Waals surface area contributed by atoms with Crippen LogP contribution in [0.2, 0.25) is 0 Å². The van der Waals surface area contributed by atoms with Crippen molar-refractivity contribution in [1.82, 2.24) is 4.98 Å². The molecule has 0 saturated heterocycles. The molecule has 0 aliphatic carbocycles. The van der Waals surface area contributed by atoms with Crippen LogP contribution in [0.4, 0.5) is 0 Å². The van der Waals surface area contributed by atoms with Crippen LogP contribution in [-0.4, -0.2) is 11.6 Å². The molecule has 86 valence electrons. The van der Waals surface area contributed by atoms with Gasteiger partial charge in [0.25, 0.3) is 0 Å². The number of benzene rings is 1. The molecule has 0 spiro atoms. The van der Waals surface area contributed by atoms with E-state index in [-0.39, 0.29) is 0 Å². The Kier molecular flexibility index (Phi) is 3.50. The molecule has 0 atom stereocenters. The maximum absolute atomic E-state index is 5.79. The van der Waals surface area contributed by atoms with Gasteiger partial charge in [-0.25, -0.2) is 0 Å². The van der Waals surface area contributed by atoms with E-state index in [1.54, 1.807) is 0 Å². The van der Waals surface area contributed by atoms with Gasteiger partial charge in [0.1, 0.15) is 5.75 Å². The highest BCUT2D eigenvalue weighted by Gasteiger charge is 2.08. The molecule has 1 heterocycles. The number of rotatable bonds is 5. The Morgan fingerprint density at radius 2 is 2.06 bits per heavy atom. The summed E-state index contributed by atoms with van der Waals surface area (Å²) >= 11 is 0. The highest BCUT2D eigenvalue weighted by Crippen LogP contribution is 2.29. The molecule has 2 aromatic rings. The molecule has 0 unspecified atom stereocenters. The van der Waals surface area contributed by atoms with Crippen LogP contribution in [0.1, 0.15) is 32.3 Å². The standard InChI is InChI=1S/C14H19NO/c1-3-6-11-10-15-12-7-5-8-13(14(11)12)16-9-4-2/h5,7-8,10,15H,3-4,6,9H2,1-2H3. The van der Waals surface area contributed by atoms with Gasteiger partial charge in [-0.3, -0.25) is 0 Å². The Morgan fingerprint density at radius 3 is 2.81 bits per heavy atom. The Morgan fingerprint density at radius 1 is 1.19 bits per heavy atom. The Balaban J connectivity index is 2.41. The molecule has 2 heteroatoms. The summed E-state index contributed by atoms with van der Waals surface area (Å²) < 4.78 is 5.79. The summed E-state index contributed by atoms with van der Waals surface area (Å²) in [5.74, 6) is 1.02. The summed E-state index contributed by atoms with van der Waals surface area (Å²) in [6, 6.07) is 6.21. The van der Waals surface area contributed by atoms with Crippen LogP contribution in [0.25, 0.3) is 10.9 Å². The summed E-state index contributed by atoms with van der Waals surface area (Å²) in [7, 11) is 0. The molecule has 16 heavy (non-hydrogen) atoms. The molecule has 0 bridgehead atoms. The number of hydrogen-bond acceptors (Lipinski definition) is 1. The van der Waals surface area contributed by atoms with Crippen molar-refractivity contribution in [1.29, 1.82) is 0 Å². The maximum atomic E-state index is 5.79. The predicted octanol–water partition coefficient (Wildman–Crippen LogP) is 3.91. The van der Waals surface area contributed by atoms with Crippen molar-refractivity contribution in [2.75, 3.05) is 6.61 Å². The van der Waals surface area contributed by atoms with Gasteiger partial charge >= 0.3 is 0 Å². The minimum absolute atomic E-state index is 0.788. The highest BCUT2D eigenvalue weighted by molar-refractivity contribution is 5.89. The number of hydrogen-bond donors (Lipinski definition) is 1. The summed E-state index contributed by atoms with van der Waals surface area (Å²) in [5.41, 5.74) is 2.54. The molecule has 0 radical (unpaired) electrons. The Hall–Kier alpha value is -1.44. The second kappa shape index (κ2) is 5.06. The molecule has 0 amide bonds. The van der Waals surface area contributed by atoms with Crippen molar-refractivity contribution in [3.63, 3.8) is 0 Å². The second-order valence-corrected chi connectivity index (χ2v) is 4.09. The van der Waals surface area contributed by atoms with E-state index >= 15 is 0 Å². The third-order valence-electron chi connectivity index (χ3n) is 2.73. The number of fused-ring (bicyclic) bond motifs is 1. The molecule has 1 N–H and O–H groups in total. The van der Waals surface area contributed by atoms with Gasteiger partial charge in [-0.1, -0.05) is 26.3 Å². The fraction of sp³-hybridized carbons (Fsp3) is 0.429. The van der Waals surface area contributed by atoms with E-state index < -0.39 is 0 Å². The zero-order valence-corrected chi connectivity index (χ0v) is 10.0. The van der Waals surface area contributed by atoms with Gasteiger partial charge in [0.15, 0.2) is 0 Å². The minimum Gasteiger partial charge on any atom is -0.493 e. The minimum atomic E-state index is 0.788. The van der Waals surface area contributed by atoms with E-state index in [2.05, 4.69) is 37.2 Å². The van der Waals surface area contributed by atoms with E-state index in [0.29, 0.717) is 0 Å². The van der Waals surface area contributed by atoms with Crippen LogP contribution in [-0.2, 0) is 6.42 Å². The third kappa shape index (κ3) is 2.06. The number of H-pyrrole nitrogens is 1. The monoisotopic (exact) mass is 217 g/mol. The molecule has 0 aliphatic heterocycles. The molecule has 1 aromatic carbocycles. The van der Waals surface area contributed by atoms with Gasteiger partial charge < -0.3 is 9.72 Å².